The van der Waals surface area contributed by atoms with E-state index in [9.17, 15) is 14.0 Å². The number of amides is 2. The van der Waals surface area contributed by atoms with Crippen LogP contribution in [0.15, 0.2) is 24.4 Å². The second kappa shape index (κ2) is 9.45. The number of nitrogens with zero attached hydrogens (tertiary/aromatic N) is 3. The van der Waals surface area contributed by atoms with Crippen molar-refractivity contribution < 1.29 is 18.7 Å². The van der Waals surface area contributed by atoms with Gasteiger partial charge in [-0.1, -0.05) is 12.8 Å². The maximum atomic E-state index is 14.6. The van der Waals surface area contributed by atoms with Gasteiger partial charge in [-0.3, -0.25) is 14.5 Å². The van der Waals surface area contributed by atoms with Crippen LogP contribution < -0.4 is 27.0 Å². The van der Waals surface area contributed by atoms with Crippen molar-refractivity contribution in [3.8, 4) is 0 Å². The highest BCUT2D eigenvalue weighted by Crippen LogP contribution is 2.27. The largest absolute Gasteiger partial charge is 0.370 e. The van der Waals surface area contributed by atoms with E-state index in [1.54, 1.807) is 12.1 Å². The molecule has 0 unspecified atom stereocenters. The van der Waals surface area contributed by atoms with Gasteiger partial charge in [0.2, 0.25) is 0 Å². The Morgan fingerprint density at radius 3 is 2.75 bits per heavy atom. The molecule has 0 aromatic carbocycles. The lowest BCUT2D eigenvalue weighted by Crippen LogP contribution is -2.43. The van der Waals surface area contributed by atoms with Crippen molar-refractivity contribution in [1.29, 1.82) is 0 Å². The van der Waals surface area contributed by atoms with Gasteiger partial charge in [0.15, 0.2) is 11.6 Å². The van der Waals surface area contributed by atoms with Gasteiger partial charge in [0, 0.05) is 12.1 Å². The van der Waals surface area contributed by atoms with Crippen LogP contribution in [0.3, 0.4) is 0 Å². The van der Waals surface area contributed by atoms with Crippen molar-refractivity contribution in [1.82, 2.24) is 9.97 Å². The van der Waals surface area contributed by atoms with Crippen molar-refractivity contribution in [2.24, 2.45) is 11.5 Å². The number of nitrogens with one attached hydrogen (secondary N) is 2. The van der Waals surface area contributed by atoms with Crippen molar-refractivity contribution >= 4 is 35.0 Å². The number of nitrogens with two attached hydrogens (primary N) is 2. The van der Waals surface area contributed by atoms with Crippen molar-refractivity contribution in [2.45, 2.75) is 37.8 Å². The molecule has 1 saturated carbocycles. The number of halogens is 1. The van der Waals surface area contributed by atoms with Crippen LogP contribution in [0.1, 0.15) is 36.0 Å². The Kier molecular flexibility index (Phi) is 6.47. The fourth-order valence-corrected chi connectivity index (χ4v) is 3.90. The van der Waals surface area contributed by atoms with Crippen molar-refractivity contribution in [2.75, 3.05) is 35.3 Å². The smallest absolute Gasteiger partial charge is 0.254 e. The van der Waals surface area contributed by atoms with Gasteiger partial charge >= 0.3 is 0 Å². The van der Waals surface area contributed by atoms with Crippen molar-refractivity contribution in [3.05, 3.63) is 35.8 Å². The Morgan fingerprint density at radius 2 is 2.06 bits per heavy atom. The number of aromatic nitrogens is 2. The van der Waals surface area contributed by atoms with E-state index >= 15 is 0 Å². The van der Waals surface area contributed by atoms with Crippen LogP contribution in [0.4, 0.5) is 27.5 Å². The van der Waals surface area contributed by atoms with Crippen LogP contribution in [0.25, 0.3) is 0 Å². The van der Waals surface area contributed by atoms with Gasteiger partial charge in [-0.2, -0.15) is 0 Å². The van der Waals surface area contributed by atoms with E-state index in [0.717, 1.165) is 31.7 Å². The zero-order chi connectivity index (χ0) is 22.7. The zero-order valence-electron chi connectivity index (χ0n) is 17.5. The second-order valence-electron chi connectivity index (χ2n) is 7.91. The molecule has 2 aromatic heterocycles. The molecule has 3 heterocycles. The first-order chi connectivity index (χ1) is 15.4. The quantitative estimate of drug-likeness (QED) is 0.525. The maximum absolute atomic E-state index is 14.6. The summed E-state index contributed by atoms with van der Waals surface area (Å²) in [6.45, 7) is 0.876. The van der Waals surface area contributed by atoms with Crippen LogP contribution in [0.2, 0.25) is 0 Å². The predicted molar refractivity (Wildman–Crippen MR) is 117 cm³/mol. The molecule has 1 saturated heterocycles. The number of pyridine rings is 2. The third-order valence-corrected chi connectivity index (χ3v) is 5.66. The van der Waals surface area contributed by atoms with Crippen LogP contribution in [-0.4, -0.2) is 53.6 Å². The summed E-state index contributed by atoms with van der Waals surface area (Å²) < 4.78 is 19.8. The SMILES string of the molecule is NC(=O)c1cc(F)c(N[C@@H]2CCCC[C@@H]2N)nc1Nc1ccc(N2CCOCC2=O)nc1. The maximum Gasteiger partial charge on any atom is 0.254 e. The van der Waals surface area contributed by atoms with Gasteiger partial charge in [-0.15, -0.1) is 0 Å². The Balaban J connectivity index is 1.56. The molecule has 2 aromatic rings. The summed E-state index contributed by atoms with van der Waals surface area (Å²) in [6, 6.07) is 4.20. The molecule has 170 valence electrons. The van der Waals surface area contributed by atoms with Crippen LogP contribution >= 0.6 is 0 Å². The lowest BCUT2D eigenvalue weighted by molar-refractivity contribution is -0.125. The van der Waals surface area contributed by atoms with E-state index in [4.69, 9.17) is 16.2 Å². The number of carbonyl (C=O) groups is 2. The molecule has 10 nitrogen and oxygen atoms in total. The number of hydrogen-bond donors (Lipinski definition) is 4. The molecular weight excluding hydrogens is 417 g/mol. The predicted octanol–water partition coefficient (Wildman–Crippen LogP) is 1.50. The highest BCUT2D eigenvalue weighted by molar-refractivity contribution is 5.98. The van der Waals surface area contributed by atoms with E-state index in [1.807, 2.05) is 0 Å². The average molecular weight is 443 g/mol. The fourth-order valence-electron chi connectivity index (χ4n) is 3.90. The number of hydrogen-bond acceptors (Lipinski definition) is 8. The summed E-state index contributed by atoms with van der Waals surface area (Å²) in [5.41, 5.74) is 12.0. The zero-order valence-corrected chi connectivity index (χ0v) is 17.5. The lowest BCUT2D eigenvalue weighted by atomic mass is 9.91. The van der Waals surface area contributed by atoms with Gasteiger partial charge in [0.05, 0.1) is 30.6 Å². The highest BCUT2D eigenvalue weighted by atomic mass is 19.1. The van der Waals surface area contributed by atoms with E-state index < -0.39 is 11.7 Å². The Bertz CT molecular complexity index is 1000. The first-order valence-electron chi connectivity index (χ1n) is 10.6. The number of primary amides is 1. The highest BCUT2D eigenvalue weighted by Gasteiger charge is 2.25. The standard InChI is InChI=1S/C21H26FN7O3/c22-14-9-13(19(24)31)20(28-21(14)27-16-4-2-1-3-15(16)23)26-12-5-6-17(25-10-12)29-7-8-32-11-18(29)30/h5-6,9-10,15-16H,1-4,7-8,11,23H2,(H2,24,31)(H2,26,27,28)/t15-,16+/m0/s1. The number of carbonyl (C=O) groups excluding carboxylic acids is 2. The first-order valence-corrected chi connectivity index (χ1v) is 10.6. The molecule has 1 aliphatic heterocycles. The van der Waals surface area contributed by atoms with Crippen LogP contribution in [-0.2, 0) is 9.53 Å². The average Bonchev–Trinajstić information content (AvgIpc) is 2.78. The summed E-state index contributed by atoms with van der Waals surface area (Å²) in [5, 5.41) is 6.04. The molecule has 0 bridgehead atoms. The summed E-state index contributed by atoms with van der Waals surface area (Å²) in [7, 11) is 0. The molecule has 0 radical (unpaired) electrons. The molecule has 6 N–H and O–H groups in total. The summed E-state index contributed by atoms with van der Waals surface area (Å²) in [5.74, 6) is -1.08. The summed E-state index contributed by atoms with van der Waals surface area (Å²) in [4.78, 5) is 34.0. The second-order valence-corrected chi connectivity index (χ2v) is 7.91. The third kappa shape index (κ3) is 4.78. The number of morpholine rings is 1. The molecule has 0 spiro atoms. The van der Waals surface area contributed by atoms with E-state index in [-0.39, 0.29) is 41.8 Å². The molecule has 11 heteroatoms. The molecule has 2 amide bonds. The topological polar surface area (TPSA) is 148 Å². The van der Waals surface area contributed by atoms with Gasteiger partial charge in [-0.25, -0.2) is 14.4 Å². The van der Waals surface area contributed by atoms with Crippen LogP contribution in [0, 0.1) is 5.82 Å². The van der Waals surface area contributed by atoms with E-state index in [1.165, 1.54) is 11.1 Å². The van der Waals surface area contributed by atoms with E-state index in [0.29, 0.717) is 24.7 Å². The monoisotopic (exact) mass is 443 g/mol. The molecule has 4 rings (SSSR count). The van der Waals surface area contributed by atoms with Gasteiger partial charge in [0.25, 0.3) is 11.8 Å². The van der Waals surface area contributed by atoms with Gasteiger partial charge < -0.3 is 26.8 Å². The molecular formula is C21H26FN7O3. The fraction of sp³-hybridized carbons (Fsp3) is 0.429. The molecule has 2 atom stereocenters. The molecule has 2 aliphatic rings. The number of ether oxygens (including phenoxy) is 1. The summed E-state index contributed by atoms with van der Waals surface area (Å²) >= 11 is 0. The minimum Gasteiger partial charge on any atom is -0.370 e. The van der Waals surface area contributed by atoms with Crippen molar-refractivity contribution in [3.63, 3.8) is 0 Å². The number of anilines is 4. The lowest BCUT2D eigenvalue weighted by Gasteiger charge is -2.30. The van der Waals surface area contributed by atoms with E-state index in [2.05, 4.69) is 20.6 Å². The molecule has 1 aliphatic carbocycles. The van der Waals surface area contributed by atoms with Gasteiger partial charge in [-0.05, 0) is 31.0 Å². The first kappa shape index (κ1) is 21.9. The normalized spacial score (nSPS) is 21.3. The van der Waals surface area contributed by atoms with Crippen LogP contribution in [0.5, 0.6) is 0 Å². The minimum absolute atomic E-state index is 0.00310. The summed E-state index contributed by atoms with van der Waals surface area (Å²) in [6.07, 6.45) is 5.21. The minimum atomic E-state index is -0.816. The number of rotatable bonds is 6. The van der Waals surface area contributed by atoms with Gasteiger partial charge in [0.1, 0.15) is 18.2 Å². The Labute approximate surface area is 184 Å². The molecule has 32 heavy (non-hydrogen) atoms. The Morgan fingerprint density at radius 1 is 1.25 bits per heavy atom. The molecule has 2 fully saturated rings. The Hall–Kier alpha value is -3.31. The third-order valence-electron chi connectivity index (χ3n) is 5.66.